The molecule has 1 aromatic carbocycles. The summed E-state index contributed by atoms with van der Waals surface area (Å²) in [6, 6.07) is 8.09. The SMILES string of the molecule is CCOC1(C(C)=O)CCC2C3CC=C4CC(O)(OCc5ccc(Br)cc5)CCC4(C)C3CCC21C. The minimum absolute atomic E-state index is 0.0824. The Labute approximate surface area is 219 Å². The molecule has 0 heterocycles. The van der Waals surface area contributed by atoms with Crippen LogP contribution in [-0.2, 0) is 20.9 Å². The van der Waals surface area contributed by atoms with Gasteiger partial charge in [-0.05, 0) is 93.2 Å². The summed E-state index contributed by atoms with van der Waals surface area (Å²) in [4.78, 5) is 12.9. The van der Waals surface area contributed by atoms with Crippen molar-refractivity contribution in [3.8, 4) is 0 Å². The van der Waals surface area contributed by atoms with E-state index in [1.807, 2.05) is 31.2 Å². The second-order valence-corrected chi connectivity index (χ2v) is 13.0. The van der Waals surface area contributed by atoms with Crippen LogP contribution < -0.4 is 0 Å². The molecule has 0 bridgehead atoms. The Morgan fingerprint density at radius 1 is 1.06 bits per heavy atom. The lowest BCUT2D eigenvalue weighted by atomic mass is 9.46. The van der Waals surface area contributed by atoms with Gasteiger partial charge in [-0.1, -0.05) is 53.6 Å². The fourth-order valence-corrected chi connectivity index (χ4v) is 8.97. The number of Topliss-reactive ketones (excluding diaryl/α,β-unsaturated/α-hetero) is 1. The summed E-state index contributed by atoms with van der Waals surface area (Å²) < 4.78 is 13.5. The van der Waals surface area contributed by atoms with Crippen LogP contribution in [0.1, 0.15) is 84.6 Å². The molecule has 0 spiro atoms. The minimum Gasteiger partial charge on any atom is -0.367 e. The number of rotatable bonds is 6. The maximum Gasteiger partial charge on any atom is 0.169 e. The minimum atomic E-state index is -1.10. The van der Waals surface area contributed by atoms with Gasteiger partial charge < -0.3 is 14.6 Å². The van der Waals surface area contributed by atoms with E-state index in [0.29, 0.717) is 43.8 Å². The van der Waals surface area contributed by atoms with Crippen molar-refractivity contribution in [2.24, 2.45) is 28.6 Å². The Hall–Kier alpha value is -1.01. The molecule has 192 valence electrons. The van der Waals surface area contributed by atoms with E-state index in [1.54, 1.807) is 6.92 Å². The Morgan fingerprint density at radius 2 is 1.77 bits per heavy atom. The van der Waals surface area contributed by atoms with Crippen LogP contribution in [0.4, 0.5) is 0 Å². The highest BCUT2D eigenvalue weighted by Crippen LogP contribution is 2.68. The number of hydrogen-bond donors (Lipinski definition) is 1. The third-order valence-corrected chi connectivity index (χ3v) is 11.2. The van der Waals surface area contributed by atoms with Crippen LogP contribution in [-0.4, -0.2) is 28.9 Å². The molecule has 0 aliphatic heterocycles. The first-order valence-electron chi connectivity index (χ1n) is 13.5. The summed E-state index contributed by atoms with van der Waals surface area (Å²) >= 11 is 3.48. The van der Waals surface area contributed by atoms with Crippen molar-refractivity contribution in [1.82, 2.24) is 0 Å². The first-order valence-corrected chi connectivity index (χ1v) is 14.3. The van der Waals surface area contributed by atoms with Crippen molar-refractivity contribution in [1.29, 1.82) is 0 Å². The number of ketones is 1. The van der Waals surface area contributed by atoms with E-state index in [4.69, 9.17) is 9.47 Å². The van der Waals surface area contributed by atoms with Crippen molar-refractivity contribution in [3.63, 3.8) is 0 Å². The predicted octanol–water partition coefficient (Wildman–Crippen LogP) is 6.98. The van der Waals surface area contributed by atoms with Crippen LogP contribution in [0.15, 0.2) is 40.4 Å². The van der Waals surface area contributed by atoms with Crippen LogP contribution in [0.2, 0.25) is 0 Å². The van der Waals surface area contributed by atoms with Crippen molar-refractivity contribution in [3.05, 3.63) is 46.0 Å². The van der Waals surface area contributed by atoms with Crippen LogP contribution >= 0.6 is 15.9 Å². The molecule has 0 aromatic heterocycles. The number of fused-ring (bicyclic) bond motifs is 5. The van der Waals surface area contributed by atoms with E-state index < -0.39 is 11.4 Å². The molecule has 5 heteroatoms. The molecule has 4 aliphatic rings. The monoisotopic (exact) mass is 544 g/mol. The lowest BCUT2D eigenvalue weighted by molar-refractivity contribution is -0.232. The topological polar surface area (TPSA) is 55.8 Å². The Kier molecular flexibility index (Phi) is 6.65. The summed E-state index contributed by atoms with van der Waals surface area (Å²) in [6.07, 6.45) is 9.79. The van der Waals surface area contributed by atoms with Gasteiger partial charge in [-0.15, -0.1) is 0 Å². The number of carbonyl (C=O) groups excluding carboxylic acids is 1. The molecule has 1 N–H and O–H groups in total. The summed E-state index contributed by atoms with van der Waals surface area (Å²) in [6.45, 7) is 9.55. The average molecular weight is 546 g/mol. The summed E-state index contributed by atoms with van der Waals surface area (Å²) in [5.74, 6) is 0.813. The fraction of sp³-hybridized carbons (Fsp3) is 0.700. The quantitative estimate of drug-likeness (QED) is 0.310. The molecule has 7 unspecified atom stereocenters. The summed E-state index contributed by atoms with van der Waals surface area (Å²) in [5.41, 5.74) is 1.86. The third-order valence-electron chi connectivity index (χ3n) is 10.6. The standard InChI is InChI=1S/C30H41BrO4/c1-5-34-30(20(2)32)15-13-26-24-11-8-22-18-29(33,35-19-21-6-9-23(31)10-7-21)17-16-27(22,3)25(24)12-14-28(26,30)4/h6-10,24-26,33H,5,11-19H2,1-4H3. The largest absolute Gasteiger partial charge is 0.367 e. The van der Waals surface area contributed by atoms with Crippen LogP contribution in [0.25, 0.3) is 0 Å². The van der Waals surface area contributed by atoms with Crippen molar-refractivity contribution in [2.45, 2.75) is 97.1 Å². The van der Waals surface area contributed by atoms with Gasteiger partial charge in [0.25, 0.3) is 0 Å². The number of benzene rings is 1. The smallest absolute Gasteiger partial charge is 0.169 e. The van der Waals surface area contributed by atoms with Gasteiger partial charge in [0.05, 0.1) is 6.61 Å². The van der Waals surface area contributed by atoms with Gasteiger partial charge in [0.2, 0.25) is 0 Å². The number of ether oxygens (including phenoxy) is 2. The molecule has 3 fully saturated rings. The maximum absolute atomic E-state index is 12.9. The van der Waals surface area contributed by atoms with E-state index in [9.17, 15) is 9.90 Å². The van der Waals surface area contributed by atoms with Gasteiger partial charge in [-0.3, -0.25) is 4.79 Å². The Bertz CT molecular complexity index is 1000. The molecule has 7 atom stereocenters. The lowest BCUT2D eigenvalue weighted by Crippen LogP contribution is -2.58. The number of halogens is 1. The first-order chi connectivity index (χ1) is 16.6. The molecule has 0 saturated heterocycles. The third kappa shape index (κ3) is 4.00. The number of carbonyl (C=O) groups is 1. The molecular formula is C30H41BrO4. The predicted molar refractivity (Wildman–Crippen MR) is 141 cm³/mol. The van der Waals surface area contributed by atoms with Gasteiger partial charge >= 0.3 is 0 Å². The molecular weight excluding hydrogens is 504 g/mol. The van der Waals surface area contributed by atoms with E-state index >= 15 is 0 Å². The molecule has 4 aliphatic carbocycles. The average Bonchev–Trinajstić information content (AvgIpc) is 3.13. The highest BCUT2D eigenvalue weighted by atomic mass is 79.9. The van der Waals surface area contributed by atoms with E-state index in [2.05, 4.69) is 35.9 Å². The van der Waals surface area contributed by atoms with Gasteiger partial charge in [-0.2, -0.15) is 0 Å². The lowest BCUT2D eigenvalue weighted by Gasteiger charge is -2.60. The van der Waals surface area contributed by atoms with Crippen molar-refractivity contribution in [2.75, 3.05) is 6.61 Å². The maximum atomic E-state index is 12.9. The number of hydrogen-bond acceptors (Lipinski definition) is 4. The normalized spacial score (nSPS) is 42.6. The van der Waals surface area contributed by atoms with E-state index in [-0.39, 0.29) is 16.6 Å². The zero-order valence-electron chi connectivity index (χ0n) is 21.7. The molecule has 1 aromatic rings. The Morgan fingerprint density at radius 3 is 2.46 bits per heavy atom. The van der Waals surface area contributed by atoms with Crippen LogP contribution in [0.3, 0.4) is 0 Å². The van der Waals surface area contributed by atoms with Gasteiger partial charge in [0, 0.05) is 29.3 Å². The Balaban J connectivity index is 1.35. The first kappa shape index (κ1) is 25.6. The highest BCUT2D eigenvalue weighted by molar-refractivity contribution is 9.10. The molecule has 5 rings (SSSR count). The van der Waals surface area contributed by atoms with E-state index in [0.717, 1.165) is 48.6 Å². The molecule has 3 saturated carbocycles. The molecule has 4 nitrogen and oxygen atoms in total. The zero-order chi connectivity index (χ0) is 25.1. The second-order valence-electron chi connectivity index (χ2n) is 12.1. The van der Waals surface area contributed by atoms with Crippen LogP contribution in [0, 0.1) is 28.6 Å². The van der Waals surface area contributed by atoms with Crippen molar-refractivity contribution >= 4 is 21.7 Å². The van der Waals surface area contributed by atoms with E-state index in [1.165, 1.54) is 5.57 Å². The fourth-order valence-electron chi connectivity index (χ4n) is 8.70. The van der Waals surface area contributed by atoms with Gasteiger partial charge in [-0.25, -0.2) is 0 Å². The number of allylic oxidation sites excluding steroid dienone is 1. The summed E-state index contributed by atoms with van der Waals surface area (Å²) in [7, 11) is 0. The second kappa shape index (κ2) is 9.08. The van der Waals surface area contributed by atoms with Crippen molar-refractivity contribution < 1.29 is 19.4 Å². The van der Waals surface area contributed by atoms with Gasteiger partial charge in [0.15, 0.2) is 11.6 Å². The molecule has 0 radical (unpaired) electrons. The van der Waals surface area contributed by atoms with Gasteiger partial charge in [0.1, 0.15) is 5.60 Å². The highest BCUT2D eigenvalue weighted by Gasteiger charge is 2.66. The zero-order valence-corrected chi connectivity index (χ0v) is 23.3. The number of aliphatic hydroxyl groups is 1. The molecule has 0 amide bonds. The molecule has 35 heavy (non-hydrogen) atoms. The van der Waals surface area contributed by atoms with Crippen LogP contribution in [0.5, 0.6) is 0 Å². The summed E-state index contributed by atoms with van der Waals surface area (Å²) in [5, 5.41) is 11.4.